The largest absolute Gasteiger partial charge is 0.504 e. The molecule has 5 heterocycles. The van der Waals surface area contributed by atoms with Crippen molar-refractivity contribution < 1.29 is 51.1 Å². The highest BCUT2D eigenvalue weighted by Crippen LogP contribution is 2.40. The number of nitrogens with one attached hydrogen (secondary N) is 3. The van der Waals surface area contributed by atoms with Crippen LogP contribution >= 0.6 is 23.2 Å². The normalized spacial score (nSPS) is 12.0. The van der Waals surface area contributed by atoms with Crippen molar-refractivity contribution in [3.05, 3.63) is 143 Å². The van der Waals surface area contributed by atoms with Crippen LogP contribution in [0.15, 0.2) is 77.3 Å². The van der Waals surface area contributed by atoms with Crippen LogP contribution in [-0.4, -0.2) is 101 Å². The third kappa shape index (κ3) is 14.5. The van der Waals surface area contributed by atoms with E-state index in [1.807, 2.05) is 96.9 Å². The Kier molecular flexibility index (Phi) is 20.0. The van der Waals surface area contributed by atoms with E-state index in [1.54, 1.807) is 30.1 Å². The molecule has 0 radical (unpaired) electrons. The number of nitrogens with zero attached hydrogens (tertiary/aromatic N) is 7. The summed E-state index contributed by atoms with van der Waals surface area (Å²) in [7, 11) is 0. The van der Waals surface area contributed by atoms with Gasteiger partial charge in [-0.3, -0.25) is 53.4 Å². The lowest BCUT2D eigenvalue weighted by atomic mass is 9.91. The molecule has 0 aliphatic rings. The third-order valence-corrected chi connectivity index (χ3v) is 14.9. The van der Waals surface area contributed by atoms with Gasteiger partial charge in [0, 0.05) is 59.0 Å². The first-order chi connectivity index (χ1) is 42.2. The van der Waals surface area contributed by atoms with Gasteiger partial charge >= 0.3 is 0 Å². The second-order valence-corrected chi connectivity index (χ2v) is 27.4. The zero-order valence-electron chi connectivity index (χ0n) is 53.8. The number of aryl methyl sites for hydroxylation is 2. The van der Waals surface area contributed by atoms with Gasteiger partial charge in [-0.25, -0.2) is 4.68 Å². The van der Waals surface area contributed by atoms with Gasteiger partial charge < -0.3 is 51.1 Å². The Balaban J connectivity index is 0.000000183. The lowest BCUT2D eigenvalue weighted by Gasteiger charge is -2.21. The molecule has 26 nitrogen and oxygen atoms in total. The van der Waals surface area contributed by atoms with Gasteiger partial charge in [-0.05, 0) is 58.9 Å². The SMILES string of the molecule is CC(C)(C)c1n[nH]c2cc(O)c(O)c(Cl)c2c1=O.CC(C)(C)c1n[nH]c2cc(O)c(O)cc2c1=O.CC(C)(C)n1[nH]c(=O)c2cc(O)c(O)cc2c1=O.CCn1nc(C(C)(C)C)c(=O)c2c(Cl)c(O)c(O)cc21.CCn1nc(C(C)(C)C)c(=O)c2cc(O)c(O)cc21. The quantitative estimate of drug-likeness (QED) is 0.0716. The number of benzene rings is 5. The number of aromatic hydroxyl groups is 10. The smallest absolute Gasteiger partial charge is 0.273 e. The highest BCUT2D eigenvalue weighted by Gasteiger charge is 2.28. The predicted molar refractivity (Wildman–Crippen MR) is 353 cm³/mol. The molecule has 0 unspecified atom stereocenters. The molecule has 5 aromatic carbocycles. The highest BCUT2D eigenvalue weighted by atomic mass is 35.5. The number of aromatic nitrogens is 10. The minimum Gasteiger partial charge on any atom is -0.504 e. The molecule has 28 heteroatoms. The monoisotopic (exact) mass is 1310 g/mol. The summed E-state index contributed by atoms with van der Waals surface area (Å²) in [4.78, 5) is 73.5. The summed E-state index contributed by atoms with van der Waals surface area (Å²) >= 11 is 11.9. The summed E-state index contributed by atoms with van der Waals surface area (Å²) in [5.74, 6) is -3.73. The first kappa shape index (κ1) is 71.3. The van der Waals surface area contributed by atoms with E-state index in [1.165, 1.54) is 41.1 Å². The van der Waals surface area contributed by atoms with Crippen LogP contribution in [0.1, 0.15) is 140 Å². The fraction of sp³-hybridized carbons (Fsp3) is 0.375. The Morgan fingerprint density at radius 2 is 0.750 bits per heavy atom. The van der Waals surface area contributed by atoms with E-state index in [-0.39, 0.29) is 98.4 Å². The minimum atomic E-state index is -0.585. The van der Waals surface area contributed by atoms with E-state index in [0.29, 0.717) is 63.2 Å². The number of fused-ring (bicyclic) bond motifs is 5. The van der Waals surface area contributed by atoms with E-state index in [0.717, 1.165) is 12.1 Å². The van der Waals surface area contributed by atoms with Crippen LogP contribution in [0, 0.1) is 0 Å². The Morgan fingerprint density at radius 3 is 1.23 bits per heavy atom. The Labute approximate surface area is 534 Å². The molecule has 0 spiro atoms. The molecule has 0 amide bonds. The van der Waals surface area contributed by atoms with Crippen LogP contribution in [0.5, 0.6) is 57.5 Å². The van der Waals surface area contributed by atoms with Crippen LogP contribution in [0.25, 0.3) is 54.4 Å². The van der Waals surface area contributed by atoms with E-state index >= 15 is 0 Å². The molecule has 92 heavy (non-hydrogen) atoms. The van der Waals surface area contributed by atoms with Gasteiger partial charge in [0.1, 0.15) is 22.8 Å². The maximum atomic E-state index is 12.6. The second-order valence-electron chi connectivity index (χ2n) is 26.6. The van der Waals surface area contributed by atoms with Crippen molar-refractivity contribution in [1.82, 2.24) is 49.7 Å². The number of phenols is 10. The average Bonchev–Trinajstić information content (AvgIpc) is 0.890. The molecular weight excluding hydrogens is 1240 g/mol. The van der Waals surface area contributed by atoms with Crippen LogP contribution in [0.4, 0.5) is 0 Å². The molecule has 13 N–H and O–H groups in total. The molecule has 0 atom stereocenters. The molecule has 0 aliphatic heterocycles. The summed E-state index contributed by atoms with van der Waals surface area (Å²) in [6, 6.07) is 9.91. The van der Waals surface area contributed by atoms with Crippen LogP contribution in [0.3, 0.4) is 0 Å². The van der Waals surface area contributed by atoms with Crippen molar-refractivity contribution in [3.63, 3.8) is 0 Å². The van der Waals surface area contributed by atoms with E-state index in [9.17, 15) is 79.8 Å². The fourth-order valence-electron chi connectivity index (χ4n) is 9.28. The van der Waals surface area contributed by atoms with Gasteiger partial charge in [0.2, 0.25) is 21.7 Å². The van der Waals surface area contributed by atoms with Crippen LogP contribution < -0.4 is 32.8 Å². The van der Waals surface area contributed by atoms with Crippen molar-refractivity contribution in [2.24, 2.45) is 0 Å². The van der Waals surface area contributed by atoms with E-state index in [4.69, 9.17) is 23.2 Å². The predicted octanol–water partition coefficient (Wildman–Crippen LogP) is 9.68. The number of aromatic amines is 3. The molecule has 5 aromatic heterocycles. The Morgan fingerprint density at radius 1 is 0.402 bits per heavy atom. The number of hydrogen-bond acceptors (Lipinski definition) is 20. The molecule has 0 fully saturated rings. The number of hydrogen-bond donors (Lipinski definition) is 13. The average molecular weight is 1310 g/mol. The number of H-pyrrole nitrogens is 3. The standard InChI is InChI=1S/C14H17ClN2O3.C14H18N2O3.C12H13ClN2O3.C12H14N2O4.C12H14N2O3/c1-5-17-7-6-8(18)11(19)10(15)9(7)12(20)13(16-17)14(2,3)4;1-5-16-9-7-11(18)10(17)6-8(9)12(19)13(15-16)14(2,3)4;1-12(2,3)11-10(18)7-5(14-15-11)4-6(16)9(17)8(7)13;1-12(2,3)14-11(18)7-5-9(16)8(15)4-6(7)10(17)13-14;1-12(2,3)11-10(17)6-4-8(15)9(16)5-7(6)13-14-11/h6,18-19H,5H2,1-4H3;6-7,17-18H,5H2,1-4H3;4,16-17H,1-3H3,(H,14,18);4-5,15-16H,1-3H3,(H,13,17);4-5,15-16H,1-3H3,(H,13,17). The minimum absolute atomic E-state index is 0.0517. The number of phenolic OH excluding ortho intramolecular Hbond substituents is 10. The van der Waals surface area contributed by atoms with Gasteiger partial charge in [0.15, 0.2) is 57.5 Å². The second kappa shape index (κ2) is 25.8. The molecule has 10 rings (SSSR count). The first-order valence-corrected chi connectivity index (χ1v) is 29.4. The van der Waals surface area contributed by atoms with Gasteiger partial charge in [0.25, 0.3) is 11.1 Å². The zero-order chi connectivity index (χ0) is 69.7. The molecule has 10 aromatic rings. The van der Waals surface area contributed by atoms with Crippen molar-refractivity contribution in [1.29, 1.82) is 0 Å². The lowest BCUT2D eigenvalue weighted by Crippen LogP contribution is -2.39. The van der Waals surface area contributed by atoms with Crippen LogP contribution in [-0.2, 0) is 40.3 Å². The highest BCUT2D eigenvalue weighted by molar-refractivity contribution is 6.37. The summed E-state index contributed by atoms with van der Waals surface area (Å²) in [6.07, 6.45) is 0. The first-order valence-electron chi connectivity index (χ1n) is 28.6. The summed E-state index contributed by atoms with van der Waals surface area (Å²) < 4.78 is 4.47. The summed E-state index contributed by atoms with van der Waals surface area (Å²) in [5, 5.41) is 120. The molecule has 492 valence electrons. The van der Waals surface area contributed by atoms with E-state index in [2.05, 4.69) is 35.7 Å². The maximum Gasteiger partial charge on any atom is 0.273 e. The summed E-state index contributed by atoms with van der Waals surface area (Å²) in [5.41, 5.74) is -1.10. The van der Waals surface area contributed by atoms with Crippen molar-refractivity contribution in [3.8, 4) is 57.5 Å². The molecule has 0 saturated heterocycles. The third-order valence-electron chi connectivity index (χ3n) is 14.1. The van der Waals surface area contributed by atoms with Crippen molar-refractivity contribution >= 4 is 77.6 Å². The van der Waals surface area contributed by atoms with Crippen molar-refractivity contribution in [2.75, 3.05) is 0 Å². The molecule has 0 bridgehead atoms. The Bertz CT molecular complexity index is 4940. The fourth-order valence-corrected chi connectivity index (χ4v) is 9.84. The van der Waals surface area contributed by atoms with Gasteiger partial charge in [-0.2, -0.15) is 20.4 Å². The van der Waals surface area contributed by atoms with E-state index < -0.39 is 56.2 Å². The van der Waals surface area contributed by atoms with Gasteiger partial charge in [0.05, 0.1) is 70.0 Å². The lowest BCUT2D eigenvalue weighted by molar-refractivity contribution is 0.337. The van der Waals surface area contributed by atoms with Crippen LogP contribution in [0.2, 0.25) is 10.0 Å². The molecule has 0 aliphatic carbocycles. The van der Waals surface area contributed by atoms with Crippen molar-refractivity contribution in [2.45, 2.75) is 158 Å². The van der Waals surface area contributed by atoms with Gasteiger partial charge in [-0.15, -0.1) is 0 Å². The molecular formula is C64H76Cl2N10O16. The molecule has 0 saturated carbocycles. The topological polar surface area (TPSA) is 418 Å². The Hall–Kier alpha value is -9.82. The summed E-state index contributed by atoms with van der Waals surface area (Å²) in [6.45, 7) is 32.8. The van der Waals surface area contributed by atoms with Gasteiger partial charge in [-0.1, -0.05) is 106 Å². The number of rotatable bonds is 2. The number of halogens is 2. The zero-order valence-corrected chi connectivity index (χ0v) is 55.4. The maximum absolute atomic E-state index is 12.6.